The summed E-state index contributed by atoms with van der Waals surface area (Å²) in [5.74, 6) is 0. The predicted molar refractivity (Wildman–Crippen MR) is 52.4 cm³/mol. The average Bonchev–Trinajstić information content (AvgIpc) is 2.58. The van der Waals surface area contributed by atoms with Crippen molar-refractivity contribution in [1.82, 2.24) is 9.78 Å². The van der Waals surface area contributed by atoms with Gasteiger partial charge in [0.25, 0.3) is 5.69 Å². The van der Waals surface area contributed by atoms with Crippen molar-refractivity contribution >= 4 is 16.6 Å². The largest absolute Gasteiger partial charge is 0.408 e. The number of alkyl halides is 3. The highest BCUT2D eigenvalue weighted by molar-refractivity contribution is 5.80. The van der Waals surface area contributed by atoms with Gasteiger partial charge in [-0.15, -0.1) is 0 Å². The number of nitro groups is 1. The van der Waals surface area contributed by atoms with E-state index in [0.29, 0.717) is 10.1 Å². The number of fused-ring (bicyclic) bond motifs is 1. The van der Waals surface area contributed by atoms with Gasteiger partial charge < -0.3 is 0 Å². The summed E-state index contributed by atoms with van der Waals surface area (Å²) in [6.07, 6.45) is -3.17. The van der Waals surface area contributed by atoms with Gasteiger partial charge in [0.2, 0.25) is 0 Å². The molecule has 0 aliphatic carbocycles. The molecule has 0 saturated carbocycles. The minimum absolute atomic E-state index is 0.0940. The molecule has 0 unspecified atom stereocenters. The first-order valence-corrected chi connectivity index (χ1v) is 4.53. The number of benzene rings is 1. The van der Waals surface area contributed by atoms with Crippen LogP contribution in [-0.4, -0.2) is 20.9 Å². The van der Waals surface area contributed by atoms with Gasteiger partial charge in [-0.2, -0.15) is 18.3 Å². The van der Waals surface area contributed by atoms with E-state index in [4.69, 9.17) is 0 Å². The number of nitrogens with zero attached hydrogens (tertiary/aromatic N) is 3. The molecule has 0 atom stereocenters. The third kappa shape index (κ3) is 2.35. The Morgan fingerprint density at radius 3 is 2.71 bits per heavy atom. The molecule has 0 N–H and O–H groups in total. The number of non-ortho nitro benzene ring substituents is 1. The molecule has 2 aromatic rings. The van der Waals surface area contributed by atoms with Gasteiger partial charge in [0.1, 0.15) is 6.54 Å². The van der Waals surface area contributed by atoms with Crippen LogP contribution in [0.5, 0.6) is 0 Å². The van der Waals surface area contributed by atoms with Gasteiger partial charge in [-0.05, 0) is 6.07 Å². The molecule has 0 spiro atoms. The topological polar surface area (TPSA) is 61.0 Å². The van der Waals surface area contributed by atoms with Gasteiger partial charge in [-0.25, -0.2) is 0 Å². The lowest BCUT2D eigenvalue weighted by molar-refractivity contribution is -0.384. The van der Waals surface area contributed by atoms with Crippen LogP contribution in [0.1, 0.15) is 0 Å². The lowest BCUT2D eigenvalue weighted by Gasteiger charge is -2.07. The van der Waals surface area contributed by atoms with E-state index in [0.717, 1.165) is 6.07 Å². The summed E-state index contributed by atoms with van der Waals surface area (Å²) in [6, 6.07) is 3.67. The molecule has 0 radical (unpaired) electrons. The van der Waals surface area contributed by atoms with Gasteiger partial charge in [0.05, 0.1) is 16.6 Å². The number of hydrogen-bond acceptors (Lipinski definition) is 3. The fraction of sp³-hybridized carbons (Fsp3) is 0.222. The van der Waals surface area contributed by atoms with Crippen LogP contribution in [0.4, 0.5) is 18.9 Å². The van der Waals surface area contributed by atoms with Gasteiger partial charge in [-0.1, -0.05) is 0 Å². The maximum Gasteiger partial charge on any atom is 0.408 e. The maximum absolute atomic E-state index is 12.2. The molecular weight excluding hydrogens is 239 g/mol. The first-order chi connectivity index (χ1) is 7.87. The molecule has 17 heavy (non-hydrogen) atoms. The van der Waals surface area contributed by atoms with Crippen LogP contribution in [0.15, 0.2) is 24.4 Å². The summed E-state index contributed by atoms with van der Waals surface area (Å²) < 4.78 is 37.3. The van der Waals surface area contributed by atoms with Crippen LogP contribution in [-0.2, 0) is 6.54 Å². The Balaban J connectivity index is 2.50. The molecule has 90 valence electrons. The zero-order chi connectivity index (χ0) is 12.6. The summed E-state index contributed by atoms with van der Waals surface area (Å²) in [4.78, 5) is 9.85. The summed E-state index contributed by atoms with van der Waals surface area (Å²) in [7, 11) is 0. The summed E-state index contributed by atoms with van der Waals surface area (Å²) in [6.45, 7) is -1.27. The van der Waals surface area contributed by atoms with Crippen molar-refractivity contribution in [3.05, 3.63) is 34.5 Å². The monoisotopic (exact) mass is 245 g/mol. The Bertz CT molecular complexity index is 576. The Hall–Kier alpha value is -2.12. The Labute approximate surface area is 92.6 Å². The fourth-order valence-corrected chi connectivity index (χ4v) is 1.47. The fourth-order valence-electron chi connectivity index (χ4n) is 1.47. The third-order valence-corrected chi connectivity index (χ3v) is 2.17. The van der Waals surface area contributed by atoms with E-state index in [1.165, 1.54) is 18.3 Å². The van der Waals surface area contributed by atoms with Crippen molar-refractivity contribution < 1.29 is 18.1 Å². The van der Waals surface area contributed by atoms with Crippen molar-refractivity contribution in [1.29, 1.82) is 0 Å². The maximum atomic E-state index is 12.2. The number of aromatic nitrogens is 2. The molecule has 1 aromatic heterocycles. The van der Waals surface area contributed by atoms with E-state index in [9.17, 15) is 23.3 Å². The standard InChI is InChI=1S/C9H6F3N3O2/c10-9(11,12)5-14-8-3-7(15(16)17)2-1-6(8)4-13-14/h1-4H,5H2. The molecule has 1 heterocycles. The number of nitro benzene ring substituents is 1. The molecule has 8 heteroatoms. The van der Waals surface area contributed by atoms with E-state index in [-0.39, 0.29) is 11.2 Å². The molecule has 5 nitrogen and oxygen atoms in total. The molecular formula is C9H6F3N3O2. The zero-order valence-corrected chi connectivity index (χ0v) is 8.31. The SMILES string of the molecule is O=[N+]([O-])c1ccc2cnn(CC(F)(F)F)c2c1. The van der Waals surface area contributed by atoms with E-state index >= 15 is 0 Å². The van der Waals surface area contributed by atoms with E-state index in [2.05, 4.69) is 5.10 Å². The molecule has 0 aliphatic rings. The Morgan fingerprint density at radius 1 is 1.41 bits per heavy atom. The number of halogens is 3. The predicted octanol–water partition coefficient (Wildman–Crippen LogP) is 2.51. The van der Waals surface area contributed by atoms with Crippen LogP contribution in [0, 0.1) is 10.1 Å². The van der Waals surface area contributed by atoms with Gasteiger partial charge in [-0.3, -0.25) is 14.8 Å². The second-order valence-corrected chi connectivity index (χ2v) is 3.42. The van der Waals surface area contributed by atoms with Gasteiger partial charge in [0, 0.05) is 17.5 Å². The molecule has 0 amide bonds. The van der Waals surface area contributed by atoms with Gasteiger partial charge >= 0.3 is 6.18 Å². The lowest BCUT2D eigenvalue weighted by Crippen LogP contribution is -2.18. The van der Waals surface area contributed by atoms with Crippen LogP contribution in [0.3, 0.4) is 0 Å². The highest BCUT2D eigenvalue weighted by Gasteiger charge is 2.29. The Kier molecular flexibility index (Phi) is 2.49. The molecule has 2 rings (SSSR count). The first-order valence-electron chi connectivity index (χ1n) is 4.53. The number of hydrogen-bond donors (Lipinski definition) is 0. The van der Waals surface area contributed by atoms with Crippen molar-refractivity contribution in [2.24, 2.45) is 0 Å². The van der Waals surface area contributed by atoms with Crippen molar-refractivity contribution in [3.8, 4) is 0 Å². The van der Waals surface area contributed by atoms with Crippen molar-refractivity contribution in [2.45, 2.75) is 12.7 Å². The van der Waals surface area contributed by atoms with E-state index < -0.39 is 17.6 Å². The average molecular weight is 245 g/mol. The summed E-state index contributed by atoms with van der Waals surface area (Å²) in [5, 5.41) is 14.5. The smallest absolute Gasteiger partial charge is 0.258 e. The lowest BCUT2D eigenvalue weighted by atomic mass is 10.2. The van der Waals surface area contributed by atoms with Crippen molar-refractivity contribution in [2.75, 3.05) is 0 Å². The molecule has 0 fully saturated rings. The summed E-state index contributed by atoms with van der Waals surface area (Å²) >= 11 is 0. The van der Waals surface area contributed by atoms with Crippen LogP contribution in [0.2, 0.25) is 0 Å². The van der Waals surface area contributed by atoms with Crippen LogP contribution < -0.4 is 0 Å². The minimum Gasteiger partial charge on any atom is -0.258 e. The minimum atomic E-state index is -4.41. The summed E-state index contributed by atoms with van der Waals surface area (Å²) in [5.41, 5.74) is -0.169. The van der Waals surface area contributed by atoms with Gasteiger partial charge in [0.15, 0.2) is 0 Å². The molecule has 0 aliphatic heterocycles. The third-order valence-electron chi connectivity index (χ3n) is 2.17. The second-order valence-electron chi connectivity index (χ2n) is 3.42. The highest BCUT2D eigenvalue weighted by Crippen LogP contribution is 2.24. The van der Waals surface area contributed by atoms with Crippen molar-refractivity contribution in [3.63, 3.8) is 0 Å². The zero-order valence-electron chi connectivity index (χ0n) is 8.31. The molecule has 0 saturated heterocycles. The van der Waals surface area contributed by atoms with E-state index in [1.54, 1.807) is 0 Å². The van der Waals surface area contributed by atoms with Crippen LogP contribution >= 0.6 is 0 Å². The highest BCUT2D eigenvalue weighted by atomic mass is 19.4. The second kappa shape index (κ2) is 3.72. The van der Waals surface area contributed by atoms with Crippen LogP contribution in [0.25, 0.3) is 10.9 Å². The normalized spacial score (nSPS) is 11.9. The molecule has 1 aromatic carbocycles. The molecule has 0 bridgehead atoms. The van der Waals surface area contributed by atoms with E-state index in [1.807, 2.05) is 0 Å². The number of rotatable bonds is 2. The quantitative estimate of drug-likeness (QED) is 0.603. The first kappa shape index (κ1) is 11.4. The Morgan fingerprint density at radius 2 is 2.12 bits per heavy atom.